The molecule has 1 aromatic carbocycles. The number of allylic oxidation sites excluding steroid dienone is 2. The van der Waals surface area contributed by atoms with Crippen molar-refractivity contribution in [1.29, 1.82) is 5.26 Å². The molecule has 0 saturated carbocycles. The van der Waals surface area contributed by atoms with Crippen molar-refractivity contribution >= 4 is 6.21 Å². The molecule has 1 atom stereocenters. The molecule has 1 aliphatic rings. The number of hydrogen-bond acceptors (Lipinski definition) is 2. The first-order valence-electron chi connectivity index (χ1n) is 11.1. The molecule has 0 fully saturated rings. The van der Waals surface area contributed by atoms with Gasteiger partial charge in [0.1, 0.15) is 0 Å². The lowest BCUT2D eigenvalue weighted by Gasteiger charge is -2.32. The highest BCUT2D eigenvalue weighted by molar-refractivity contribution is 5.68. The van der Waals surface area contributed by atoms with Gasteiger partial charge < -0.3 is 0 Å². The second-order valence-electron chi connectivity index (χ2n) is 8.00. The van der Waals surface area contributed by atoms with E-state index in [0.717, 1.165) is 6.42 Å². The normalized spacial score (nSPS) is 18.1. The number of aliphatic imine (C=N–C) groups is 1. The standard InChI is InChI=1S/C26H36N2/c1-3-4-5-6-7-8-9-10-11-12-15-24-16-13-14-17-25(24)26(23(2)22-27)18-20-28-21-19-26/h13-14,16-18,20-21H,2-12,15,19H2,1H3. The summed E-state index contributed by atoms with van der Waals surface area (Å²) >= 11 is 0. The van der Waals surface area contributed by atoms with Crippen molar-refractivity contribution in [3.05, 3.63) is 59.8 Å². The number of hydrogen-bond donors (Lipinski definition) is 0. The number of rotatable bonds is 13. The van der Waals surface area contributed by atoms with Crippen LogP contribution in [0, 0.1) is 11.3 Å². The van der Waals surface area contributed by atoms with Crippen LogP contribution >= 0.6 is 0 Å². The molecule has 0 aliphatic carbocycles. The topological polar surface area (TPSA) is 36.1 Å². The molecule has 1 aliphatic heterocycles. The minimum atomic E-state index is -0.425. The van der Waals surface area contributed by atoms with Crippen LogP contribution in [0.15, 0.2) is 53.7 Å². The van der Waals surface area contributed by atoms with Crippen LogP contribution in [0.2, 0.25) is 0 Å². The Kier molecular flexibility index (Phi) is 9.77. The van der Waals surface area contributed by atoms with Gasteiger partial charge >= 0.3 is 0 Å². The maximum atomic E-state index is 9.54. The van der Waals surface area contributed by atoms with Gasteiger partial charge in [-0.25, -0.2) is 0 Å². The first-order valence-corrected chi connectivity index (χ1v) is 11.1. The van der Waals surface area contributed by atoms with E-state index in [1.807, 2.05) is 12.4 Å². The van der Waals surface area contributed by atoms with Crippen LogP contribution in [-0.2, 0) is 11.8 Å². The van der Waals surface area contributed by atoms with Crippen LogP contribution in [0.25, 0.3) is 0 Å². The van der Waals surface area contributed by atoms with E-state index in [4.69, 9.17) is 0 Å². The Hall–Kier alpha value is -2.14. The summed E-state index contributed by atoms with van der Waals surface area (Å²) in [5.41, 5.74) is 2.75. The molecule has 2 rings (SSSR count). The van der Waals surface area contributed by atoms with E-state index in [1.165, 1.54) is 75.3 Å². The van der Waals surface area contributed by atoms with E-state index in [2.05, 4.69) is 54.9 Å². The summed E-state index contributed by atoms with van der Waals surface area (Å²) in [6.07, 6.45) is 21.0. The zero-order chi connectivity index (χ0) is 20.1. The Morgan fingerprint density at radius 1 is 1.04 bits per heavy atom. The molecule has 150 valence electrons. The van der Waals surface area contributed by atoms with E-state index in [9.17, 15) is 5.26 Å². The third-order valence-corrected chi connectivity index (χ3v) is 5.93. The molecule has 28 heavy (non-hydrogen) atoms. The first-order chi connectivity index (χ1) is 13.7. The van der Waals surface area contributed by atoms with E-state index in [0.29, 0.717) is 12.0 Å². The van der Waals surface area contributed by atoms with Gasteiger partial charge in [0.2, 0.25) is 0 Å². The predicted molar refractivity (Wildman–Crippen MR) is 121 cm³/mol. The summed E-state index contributed by atoms with van der Waals surface area (Å²) in [7, 11) is 0. The molecule has 1 aromatic rings. The van der Waals surface area contributed by atoms with Crippen molar-refractivity contribution in [1.82, 2.24) is 0 Å². The highest BCUT2D eigenvalue weighted by Crippen LogP contribution is 2.39. The quantitative estimate of drug-likeness (QED) is 0.260. The van der Waals surface area contributed by atoms with E-state index in [-0.39, 0.29) is 0 Å². The van der Waals surface area contributed by atoms with E-state index >= 15 is 0 Å². The van der Waals surface area contributed by atoms with Gasteiger partial charge in [-0.2, -0.15) is 5.26 Å². The number of benzene rings is 1. The Morgan fingerprint density at radius 2 is 1.68 bits per heavy atom. The maximum Gasteiger partial charge on any atom is 0.0953 e. The molecular weight excluding hydrogens is 340 g/mol. The van der Waals surface area contributed by atoms with Crippen molar-refractivity contribution in [2.75, 3.05) is 0 Å². The van der Waals surface area contributed by atoms with Gasteiger partial charge in [-0.15, -0.1) is 0 Å². The van der Waals surface area contributed by atoms with Gasteiger partial charge in [0.25, 0.3) is 0 Å². The molecular formula is C26H36N2. The van der Waals surface area contributed by atoms with Gasteiger partial charge in [0, 0.05) is 24.4 Å². The van der Waals surface area contributed by atoms with Gasteiger partial charge in [-0.1, -0.05) is 102 Å². The zero-order valence-electron chi connectivity index (χ0n) is 17.6. The SMILES string of the molecule is C=C(C#N)C1(c2ccccc2CCCCCCCCCCCC)C=CN=CC1. The van der Waals surface area contributed by atoms with Crippen LogP contribution in [0.5, 0.6) is 0 Å². The molecule has 0 spiro atoms. The van der Waals surface area contributed by atoms with Crippen molar-refractivity contribution in [2.45, 2.75) is 89.4 Å². The van der Waals surface area contributed by atoms with Crippen LogP contribution in [0.1, 0.15) is 88.7 Å². The highest BCUT2D eigenvalue weighted by Gasteiger charge is 2.35. The smallest absolute Gasteiger partial charge is 0.0953 e. The van der Waals surface area contributed by atoms with Crippen molar-refractivity contribution in [2.24, 2.45) is 4.99 Å². The van der Waals surface area contributed by atoms with Crippen molar-refractivity contribution in [3.8, 4) is 6.07 Å². The molecule has 1 heterocycles. The van der Waals surface area contributed by atoms with Crippen molar-refractivity contribution < 1.29 is 0 Å². The van der Waals surface area contributed by atoms with Gasteiger partial charge in [0.05, 0.1) is 11.5 Å². The maximum absolute atomic E-state index is 9.54. The fraction of sp³-hybridized carbons (Fsp3) is 0.538. The summed E-state index contributed by atoms with van der Waals surface area (Å²) in [5, 5.41) is 9.54. The number of aryl methyl sites for hydroxylation is 1. The van der Waals surface area contributed by atoms with Crippen LogP contribution in [0.4, 0.5) is 0 Å². The van der Waals surface area contributed by atoms with Crippen LogP contribution < -0.4 is 0 Å². The third kappa shape index (κ3) is 6.20. The summed E-state index contributed by atoms with van der Waals surface area (Å²) in [4.78, 5) is 4.22. The monoisotopic (exact) mass is 376 g/mol. The van der Waals surface area contributed by atoms with Crippen LogP contribution in [-0.4, -0.2) is 6.21 Å². The summed E-state index contributed by atoms with van der Waals surface area (Å²) in [5.74, 6) is 0. The lowest BCUT2D eigenvalue weighted by atomic mass is 9.70. The fourth-order valence-corrected chi connectivity index (χ4v) is 4.16. The van der Waals surface area contributed by atoms with Crippen LogP contribution in [0.3, 0.4) is 0 Å². The van der Waals surface area contributed by atoms with Crippen molar-refractivity contribution in [3.63, 3.8) is 0 Å². The average Bonchev–Trinajstić information content (AvgIpc) is 2.75. The molecule has 0 bridgehead atoms. The van der Waals surface area contributed by atoms with Gasteiger partial charge in [-0.05, 0) is 24.0 Å². The summed E-state index contributed by atoms with van der Waals surface area (Å²) in [6, 6.07) is 10.9. The fourth-order valence-electron chi connectivity index (χ4n) is 4.16. The first kappa shape index (κ1) is 22.2. The Morgan fingerprint density at radius 3 is 2.29 bits per heavy atom. The summed E-state index contributed by atoms with van der Waals surface area (Å²) < 4.78 is 0. The lowest BCUT2D eigenvalue weighted by Crippen LogP contribution is -2.29. The minimum Gasteiger partial charge on any atom is -0.269 e. The Bertz CT molecular complexity index is 707. The van der Waals surface area contributed by atoms with Gasteiger partial charge in [-0.3, -0.25) is 4.99 Å². The highest BCUT2D eigenvalue weighted by atomic mass is 14.7. The largest absolute Gasteiger partial charge is 0.269 e. The second-order valence-corrected chi connectivity index (χ2v) is 8.00. The molecule has 2 nitrogen and oxygen atoms in total. The lowest BCUT2D eigenvalue weighted by molar-refractivity contribution is 0.555. The summed E-state index contributed by atoms with van der Waals surface area (Å²) in [6.45, 7) is 6.34. The molecule has 0 radical (unpaired) electrons. The molecule has 0 saturated heterocycles. The molecule has 0 aromatic heterocycles. The average molecular weight is 377 g/mol. The zero-order valence-corrected chi connectivity index (χ0v) is 17.6. The molecule has 0 amide bonds. The molecule has 0 N–H and O–H groups in total. The second kappa shape index (κ2) is 12.3. The number of unbranched alkanes of at least 4 members (excludes halogenated alkanes) is 9. The Labute approximate surface area is 172 Å². The van der Waals surface area contributed by atoms with E-state index in [1.54, 1.807) is 0 Å². The Balaban J connectivity index is 1.85. The number of nitriles is 1. The molecule has 1 unspecified atom stereocenters. The predicted octanol–water partition coefficient (Wildman–Crippen LogP) is 7.46. The molecule has 2 heteroatoms. The third-order valence-electron chi connectivity index (χ3n) is 5.93. The van der Waals surface area contributed by atoms with Gasteiger partial charge in [0.15, 0.2) is 0 Å². The van der Waals surface area contributed by atoms with E-state index < -0.39 is 5.41 Å². The minimum absolute atomic E-state index is 0.425. The number of nitrogens with zero attached hydrogens (tertiary/aromatic N) is 2.